The number of nitrogens with zero attached hydrogens (tertiary/aromatic N) is 2. The Balaban J connectivity index is 3.04. The summed E-state index contributed by atoms with van der Waals surface area (Å²) in [6.45, 7) is 0.215. The summed E-state index contributed by atoms with van der Waals surface area (Å²) in [5.74, 6) is 0.764. The van der Waals surface area contributed by atoms with Crippen LogP contribution in [0.1, 0.15) is 11.7 Å². The van der Waals surface area contributed by atoms with Gasteiger partial charge in [0.15, 0.2) is 0 Å². The summed E-state index contributed by atoms with van der Waals surface area (Å²) in [6.07, 6.45) is 1.06. The number of pyridine rings is 1. The van der Waals surface area contributed by atoms with E-state index in [4.69, 9.17) is 5.73 Å². The second kappa shape index (κ2) is 4.20. The molecule has 0 bridgehead atoms. The maximum absolute atomic E-state index is 9.57. The lowest BCUT2D eigenvalue weighted by Gasteiger charge is -2.18. The monoisotopic (exact) mass is 181 g/mol. The Morgan fingerprint density at radius 3 is 2.85 bits per heavy atom. The fourth-order valence-electron chi connectivity index (χ4n) is 1.17. The van der Waals surface area contributed by atoms with Gasteiger partial charge in [-0.15, -0.1) is 0 Å². The van der Waals surface area contributed by atoms with Crippen molar-refractivity contribution in [2.45, 2.75) is 6.10 Å². The zero-order valence-electron chi connectivity index (χ0n) is 7.94. The van der Waals surface area contributed by atoms with Crippen molar-refractivity contribution in [3.05, 3.63) is 23.9 Å². The van der Waals surface area contributed by atoms with Crippen LogP contribution < -0.4 is 10.6 Å². The van der Waals surface area contributed by atoms with Crippen LogP contribution in [-0.4, -0.2) is 30.7 Å². The standard InChI is InChI=1S/C9H15N3O/c1-12(2)9-7(8(13)6-10)4-3-5-11-9/h3-5,8,13H,6,10H2,1-2H3/t8-/m1/s1. The first-order valence-corrected chi connectivity index (χ1v) is 4.17. The molecule has 72 valence electrons. The predicted molar refractivity (Wildman–Crippen MR) is 52.6 cm³/mol. The van der Waals surface area contributed by atoms with E-state index in [0.29, 0.717) is 0 Å². The summed E-state index contributed by atoms with van der Waals surface area (Å²) in [4.78, 5) is 6.01. The first-order chi connectivity index (χ1) is 6.16. The van der Waals surface area contributed by atoms with Crippen LogP contribution in [0.3, 0.4) is 0 Å². The van der Waals surface area contributed by atoms with Crippen LogP contribution in [-0.2, 0) is 0 Å². The minimum Gasteiger partial charge on any atom is -0.387 e. The molecule has 1 rings (SSSR count). The van der Waals surface area contributed by atoms with E-state index < -0.39 is 6.10 Å². The molecule has 1 heterocycles. The van der Waals surface area contributed by atoms with Gasteiger partial charge >= 0.3 is 0 Å². The van der Waals surface area contributed by atoms with Gasteiger partial charge in [0.1, 0.15) is 5.82 Å². The summed E-state index contributed by atoms with van der Waals surface area (Å²) in [7, 11) is 3.77. The van der Waals surface area contributed by atoms with Crippen molar-refractivity contribution in [1.82, 2.24) is 4.98 Å². The molecule has 13 heavy (non-hydrogen) atoms. The molecule has 0 aliphatic rings. The van der Waals surface area contributed by atoms with Gasteiger partial charge in [-0.2, -0.15) is 0 Å². The molecule has 4 nitrogen and oxygen atoms in total. The van der Waals surface area contributed by atoms with Crippen LogP contribution in [0.4, 0.5) is 5.82 Å². The third-order valence-electron chi connectivity index (χ3n) is 1.82. The first kappa shape index (κ1) is 9.95. The van der Waals surface area contributed by atoms with E-state index in [-0.39, 0.29) is 6.54 Å². The van der Waals surface area contributed by atoms with Crippen molar-refractivity contribution in [2.75, 3.05) is 25.5 Å². The molecule has 0 fully saturated rings. The topological polar surface area (TPSA) is 62.4 Å². The van der Waals surface area contributed by atoms with Gasteiger partial charge in [-0.3, -0.25) is 0 Å². The van der Waals surface area contributed by atoms with Gasteiger partial charge in [-0.1, -0.05) is 6.07 Å². The van der Waals surface area contributed by atoms with Gasteiger partial charge in [0, 0.05) is 32.4 Å². The van der Waals surface area contributed by atoms with Crippen molar-refractivity contribution >= 4 is 5.82 Å². The summed E-state index contributed by atoms with van der Waals surface area (Å²) >= 11 is 0. The van der Waals surface area contributed by atoms with E-state index in [1.807, 2.05) is 25.1 Å². The Kier molecular flexibility index (Phi) is 3.22. The number of hydrogen-bond donors (Lipinski definition) is 2. The lowest BCUT2D eigenvalue weighted by Crippen LogP contribution is -2.18. The minimum atomic E-state index is -0.633. The summed E-state index contributed by atoms with van der Waals surface area (Å²) in [5, 5.41) is 9.57. The normalized spacial score (nSPS) is 12.6. The second-order valence-corrected chi connectivity index (χ2v) is 3.06. The number of aliphatic hydroxyl groups is 1. The SMILES string of the molecule is CN(C)c1ncccc1[C@H](O)CN. The molecule has 0 aromatic carbocycles. The highest BCUT2D eigenvalue weighted by Crippen LogP contribution is 2.21. The summed E-state index contributed by atoms with van der Waals surface area (Å²) in [6, 6.07) is 3.63. The van der Waals surface area contributed by atoms with Crippen molar-refractivity contribution in [2.24, 2.45) is 5.73 Å². The molecular formula is C9H15N3O. The fraction of sp³-hybridized carbons (Fsp3) is 0.444. The van der Waals surface area contributed by atoms with E-state index in [2.05, 4.69) is 4.98 Å². The molecule has 1 atom stereocenters. The largest absolute Gasteiger partial charge is 0.387 e. The average Bonchev–Trinajstić information content (AvgIpc) is 2.16. The van der Waals surface area contributed by atoms with Crippen LogP contribution in [0.25, 0.3) is 0 Å². The van der Waals surface area contributed by atoms with Crippen LogP contribution >= 0.6 is 0 Å². The van der Waals surface area contributed by atoms with Crippen LogP contribution in [0.5, 0.6) is 0 Å². The Morgan fingerprint density at radius 2 is 2.31 bits per heavy atom. The molecule has 0 unspecified atom stereocenters. The van der Waals surface area contributed by atoms with Gasteiger partial charge in [0.05, 0.1) is 6.10 Å². The minimum absolute atomic E-state index is 0.215. The number of hydrogen-bond acceptors (Lipinski definition) is 4. The van der Waals surface area contributed by atoms with E-state index in [1.54, 1.807) is 12.3 Å². The second-order valence-electron chi connectivity index (χ2n) is 3.06. The third kappa shape index (κ3) is 2.17. The molecule has 0 aliphatic carbocycles. The maximum atomic E-state index is 9.57. The molecule has 3 N–H and O–H groups in total. The number of aliphatic hydroxyl groups excluding tert-OH is 1. The summed E-state index contributed by atoms with van der Waals surface area (Å²) < 4.78 is 0. The van der Waals surface area contributed by atoms with Crippen molar-refractivity contribution < 1.29 is 5.11 Å². The predicted octanol–water partition coefficient (Wildman–Crippen LogP) is 0.140. The summed E-state index contributed by atoms with van der Waals surface area (Å²) in [5.41, 5.74) is 6.15. The van der Waals surface area contributed by atoms with Crippen molar-refractivity contribution in [3.63, 3.8) is 0 Å². The molecule has 0 saturated heterocycles. The lowest BCUT2D eigenvalue weighted by atomic mass is 10.1. The molecule has 4 heteroatoms. The molecule has 0 aliphatic heterocycles. The van der Waals surface area contributed by atoms with E-state index >= 15 is 0 Å². The maximum Gasteiger partial charge on any atom is 0.133 e. The zero-order valence-corrected chi connectivity index (χ0v) is 7.94. The average molecular weight is 181 g/mol. The first-order valence-electron chi connectivity index (χ1n) is 4.17. The Hall–Kier alpha value is -1.13. The van der Waals surface area contributed by atoms with Crippen molar-refractivity contribution in [1.29, 1.82) is 0 Å². The molecule has 0 spiro atoms. The molecule has 1 aromatic rings. The Morgan fingerprint density at radius 1 is 1.62 bits per heavy atom. The molecule has 1 aromatic heterocycles. The quantitative estimate of drug-likeness (QED) is 0.696. The molecule has 0 radical (unpaired) electrons. The smallest absolute Gasteiger partial charge is 0.133 e. The van der Waals surface area contributed by atoms with Crippen LogP contribution in [0, 0.1) is 0 Å². The molecule has 0 amide bonds. The number of anilines is 1. The van der Waals surface area contributed by atoms with E-state index in [0.717, 1.165) is 11.4 Å². The van der Waals surface area contributed by atoms with Gasteiger partial charge in [0.2, 0.25) is 0 Å². The third-order valence-corrected chi connectivity index (χ3v) is 1.82. The number of nitrogens with two attached hydrogens (primary N) is 1. The van der Waals surface area contributed by atoms with Crippen LogP contribution in [0.15, 0.2) is 18.3 Å². The number of aromatic nitrogens is 1. The van der Waals surface area contributed by atoms with E-state index in [1.165, 1.54) is 0 Å². The molecule has 0 saturated carbocycles. The lowest BCUT2D eigenvalue weighted by molar-refractivity contribution is 0.187. The highest BCUT2D eigenvalue weighted by atomic mass is 16.3. The highest BCUT2D eigenvalue weighted by Gasteiger charge is 2.12. The van der Waals surface area contributed by atoms with Gasteiger partial charge in [0.25, 0.3) is 0 Å². The Bertz CT molecular complexity index is 275. The van der Waals surface area contributed by atoms with Gasteiger partial charge in [-0.25, -0.2) is 4.98 Å². The van der Waals surface area contributed by atoms with Gasteiger partial charge < -0.3 is 15.7 Å². The highest BCUT2D eigenvalue weighted by molar-refractivity contribution is 5.46. The Labute approximate surface area is 78.0 Å². The van der Waals surface area contributed by atoms with Crippen LogP contribution in [0.2, 0.25) is 0 Å². The number of rotatable bonds is 3. The van der Waals surface area contributed by atoms with Crippen molar-refractivity contribution in [3.8, 4) is 0 Å². The molecular weight excluding hydrogens is 166 g/mol. The van der Waals surface area contributed by atoms with E-state index in [9.17, 15) is 5.11 Å². The zero-order chi connectivity index (χ0) is 9.84. The fourth-order valence-corrected chi connectivity index (χ4v) is 1.17. The van der Waals surface area contributed by atoms with Gasteiger partial charge in [-0.05, 0) is 6.07 Å².